The maximum Gasteiger partial charge on any atom is 0.256 e. The minimum atomic E-state index is -0.235. The summed E-state index contributed by atoms with van der Waals surface area (Å²) in [5.74, 6) is -0.235. The van der Waals surface area contributed by atoms with Crippen LogP contribution in [0.25, 0.3) is 27.3 Å². The summed E-state index contributed by atoms with van der Waals surface area (Å²) in [5.41, 5.74) is 3.33. The van der Waals surface area contributed by atoms with Crippen molar-refractivity contribution in [3.63, 3.8) is 0 Å². The number of anilines is 1. The van der Waals surface area contributed by atoms with E-state index in [1.54, 1.807) is 34.6 Å². The van der Waals surface area contributed by atoms with Gasteiger partial charge >= 0.3 is 0 Å². The Labute approximate surface area is 182 Å². The van der Waals surface area contributed by atoms with Gasteiger partial charge in [-0.2, -0.15) is 5.10 Å². The van der Waals surface area contributed by atoms with Crippen molar-refractivity contribution in [1.82, 2.24) is 29.8 Å². The Morgan fingerprint density at radius 3 is 2.77 bits per heavy atom. The van der Waals surface area contributed by atoms with Crippen molar-refractivity contribution in [2.45, 2.75) is 19.9 Å². The highest BCUT2D eigenvalue weighted by Crippen LogP contribution is 2.30. The SMILES string of the molecule is CC(C)n1ncc2c(C(=O)Nc3ccccc3-n3ccnn3)cc(-c3cccs3)nc21. The molecule has 1 N–H and O–H groups in total. The van der Waals surface area contributed by atoms with Crippen LogP contribution >= 0.6 is 11.3 Å². The normalized spacial score (nSPS) is 11.3. The van der Waals surface area contributed by atoms with Crippen LogP contribution in [-0.2, 0) is 0 Å². The van der Waals surface area contributed by atoms with E-state index in [2.05, 4.69) is 20.7 Å². The second-order valence-electron chi connectivity index (χ2n) is 7.27. The summed E-state index contributed by atoms with van der Waals surface area (Å²) >= 11 is 1.58. The van der Waals surface area contributed by atoms with Crippen molar-refractivity contribution in [2.75, 3.05) is 5.32 Å². The molecule has 0 bridgehead atoms. The number of carbonyl (C=O) groups excluding carboxylic acids is 1. The first kappa shape index (κ1) is 19.1. The van der Waals surface area contributed by atoms with Crippen molar-refractivity contribution in [3.8, 4) is 16.3 Å². The van der Waals surface area contributed by atoms with E-state index in [1.165, 1.54) is 0 Å². The molecule has 5 aromatic rings. The minimum Gasteiger partial charge on any atom is -0.320 e. The van der Waals surface area contributed by atoms with Crippen LogP contribution in [0.1, 0.15) is 30.2 Å². The fourth-order valence-electron chi connectivity index (χ4n) is 3.44. The topological polar surface area (TPSA) is 90.5 Å². The monoisotopic (exact) mass is 429 g/mol. The first-order valence-electron chi connectivity index (χ1n) is 9.81. The summed E-state index contributed by atoms with van der Waals surface area (Å²) in [6, 6.07) is 13.4. The molecule has 0 spiro atoms. The Morgan fingerprint density at radius 1 is 1.16 bits per heavy atom. The summed E-state index contributed by atoms with van der Waals surface area (Å²) in [4.78, 5) is 19.2. The lowest BCUT2D eigenvalue weighted by atomic mass is 10.1. The number of amides is 1. The molecule has 0 fully saturated rings. The zero-order chi connectivity index (χ0) is 21.4. The van der Waals surface area contributed by atoms with E-state index in [-0.39, 0.29) is 11.9 Å². The zero-order valence-electron chi connectivity index (χ0n) is 16.9. The van der Waals surface area contributed by atoms with E-state index in [4.69, 9.17) is 4.98 Å². The second-order valence-corrected chi connectivity index (χ2v) is 8.22. The molecule has 31 heavy (non-hydrogen) atoms. The van der Waals surface area contributed by atoms with Gasteiger partial charge in [-0.25, -0.2) is 14.3 Å². The first-order chi connectivity index (χ1) is 15.1. The highest BCUT2D eigenvalue weighted by atomic mass is 32.1. The quantitative estimate of drug-likeness (QED) is 0.442. The third kappa shape index (κ3) is 3.49. The van der Waals surface area contributed by atoms with E-state index in [9.17, 15) is 4.79 Å². The Bertz CT molecular complexity index is 1350. The van der Waals surface area contributed by atoms with Crippen LogP contribution in [0.4, 0.5) is 5.69 Å². The summed E-state index contributed by atoms with van der Waals surface area (Å²) in [5, 5.41) is 18.1. The van der Waals surface area contributed by atoms with E-state index in [0.717, 1.165) is 16.3 Å². The number of nitrogens with zero attached hydrogens (tertiary/aromatic N) is 6. The molecule has 4 heterocycles. The molecule has 0 aliphatic rings. The summed E-state index contributed by atoms with van der Waals surface area (Å²) in [7, 11) is 0. The molecular formula is C22H19N7OS. The average Bonchev–Trinajstić information content (AvgIpc) is 3.54. The van der Waals surface area contributed by atoms with Crippen LogP contribution in [0.15, 0.2) is 66.4 Å². The van der Waals surface area contributed by atoms with Crippen molar-refractivity contribution in [1.29, 1.82) is 0 Å². The van der Waals surface area contributed by atoms with Gasteiger partial charge in [-0.1, -0.05) is 23.4 Å². The van der Waals surface area contributed by atoms with E-state index in [1.807, 2.05) is 66.4 Å². The van der Waals surface area contributed by atoms with Gasteiger partial charge in [-0.3, -0.25) is 4.79 Å². The molecule has 0 aliphatic carbocycles. The minimum absolute atomic E-state index is 0.118. The number of para-hydroxylation sites is 2. The maximum atomic E-state index is 13.4. The molecule has 5 rings (SSSR count). The van der Waals surface area contributed by atoms with Gasteiger partial charge in [0.05, 0.1) is 51.5 Å². The molecular weight excluding hydrogens is 410 g/mol. The predicted octanol–water partition coefficient (Wildman–Crippen LogP) is 4.57. The number of rotatable bonds is 5. The van der Waals surface area contributed by atoms with Gasteiger partial charge in [0.1, 0.15) is 0 Å². The lowest BCUT2D eigenvalue weighted by Crippen LogP contribution is -2.15. The van der Waals surface area contributed by atoms with E-state index >= 15 is 0 Å². The molecule has 4 aromatic heterocycles. The Morgan fingerprint density at radius 2 is 2.03 bits per heavy atom. The number of hydrogen-bond donors (Lipinski definition) is 1. The largest absolute Gasteiger partial charge is 0.320 e. The van der Waals surface area contributed by atoms with Crippen LogP contribution in [0.2, 0.25) is 0 Å². The number of hydrogen-bond acceptors (Lipinski definition) is 6. The molecule has 9 heteroatoms. The smallest absolute Gasteiger partial charge is 0.256 e. The highest BCUT2D eigenvalue weighted by Gasteiger charge is 2.20. The molecule has 0 atom stereocenters. The van der Waals surface area contributed by atoms with E-state index < -0.39 is 0 Å². The van der Waals surface area contributed by atoms with Gasteiger partial charge in [0.15, 0.2) is 5.65 Å². The third-order valence-electron chi connectivity index (χ3n) is 4.90. The number of nitrogens with one attached hydrogen (secondary N) is 1. The Kier molecular flexibility index (Phi) is 4.79. The summed E-state index contributed by atoms with van der Waals surface area (Å²) in [6.45, 7) is 4.08. The third-order valence-corrected chi connectivity index (χ3v) is 5.79. The molecule has 8 nitrogen and oxygen atoms in total. The predicted molar refractivity (Wildman–Crippen MR) is 121 cm³/mol. The summed E-state index contributed by atoms with van der Waals surface area (Å²) < 4.78 is 3.46. The van der Waals surface area contributed by atoms with Gasteiger partial charge < -0.3 is 5.32 Å². The average molecular weight is 430 g/mol. The number of benzene rings is 1. The van der Waals surface area contributed by atoms with Crippen molar-refractivity contribution in [2.24, 2.45) is 0 Å². The second kappa shape index (κ2) is 7.77. The molecule has 1 amide bonds. The number of carbonyl (C=O) groups is 1. The zero-order valence-corrected chi connectivity index (χ0v) is 17.7. The molecule has 0 saturated heterocycles. The first-order valence-corrected chi connectivity index (χ1v) is 10.7. The van der Waals surface area contributed by atoms with Gasteiger partial charge in [0.25, 0.3) is 5.91 Å². The highest BCUT2D eigenvalue weighted by molar-refractivity contribution is 7.13. The van der Waals surface area contributed by atoms with Crippen molar-refractivity contribution in [3.05, 3.63) is 72.0 Å². The lowest BCUT2D eigenvalue weighted by Gasteiger charge is -2.12. The molecule has 1 aromatic carbocycles. The standard InChI is InChI=1S/C22H19N7OS/c1-14(2)29-21-16(13-24-29)15(12-18(25-21)20-8-5-11-31-20)22(30)26-17-6-3-4-7-19(17)28-10-9-23-27-28/h3-14H,1-2H3,(H,26,30). The van der Waals surface area contributed by atoms with Crippen LogP contribution in [0, 0.1) is 0 Å². The number of fused-ring (bicyclic) bond motifs is 1. The molecule has 154 valence electrons. The van der Waals surface area contributed by atoms with Gasteiger partial charge in [-0.05, 0) is 43.5 Å². The Hall–Kier alpha value is -3.85. The Balaban J connectivity index is 1.61. The van der Waals surface area contributed by atoms with Crippen molar-refractivity contribution >= 4 is 34.0 Å². The maximum absolute atomic E-state index is 13.4. The van der Waals surface area contributed by atoms with Gasteiger partial charge in [-0.15, -0.1) is 16.4 Å². The molecule has 0 aliphatic heterocycles. The number of aromatic nitrogens is 6. The molecule has 0 saturated carbocycles. The fraction of sp³-hybridized carbons (Fsp3) is 0.136. The molecule has 0 radical (unpaired) electrons. The van der Waals surface area contributed by atoms with Crippen LogP contribution in [0.5, 0.6) is 0 Å². The van der Waals surface area contributed by atoms with Crippen LogP contribution < -0.4 is 5.32 Å². The van der Waals surface area contributed by atoms with Crippen molar-refractivity contribution < 1.29 is 4.79 Å². The van der Waals surface area contributed by atoms with Gasteiger partial charge in [0.2, 0.25) is 0 Å². The summed E-state index contributed by atoms with van der Waals surface area (Å²) in [6.07, 6.45) is 5.04. The fourth-order valence-corrected chi connectivity index (χ4v) is 4.13. The number of thiophene rings is 1. The van der Waals surface area contributed by atoms with E-state index in [0.29, 0.717) is 22.3 Å². The number of pyridine rings is 1. The lowest BCUT2D eigenvalue weighted by molar-refractivity contribution is 0.102. The van der Waals surface area contributed by atoms with Crippen LogP contribution in [0.3, 0.4) is 0 Å². The van der Waals surface area contributed by atoms with Crippen LogP contribution in [-0.4, -0.2) is 35.7 Å². The molecule has 0 unspecified atom stereocenters. The van der Waals surface area contributed by atoms with Gasteiger partial charge in [0, 0.05) is 6.04 Å².